The molecule has 0 unspecified atom stereocenters. The maximum absolute atomic E-state index is 2.50. The predicted molar refractivity (Wildman–Crippen MR) is 64.8 cm³/mol. The summed E-state index contributed by atoms with van der Waals surface area (Å²) in [6, 6.07) is 0. The van der Waals surface area contributed by atoms with Gasteiger partial charge >= 0.3 is 98.7 Å². The fourth-order valence-corrected chi connectivity index (χ4v) is 4.73. The Morgan fingerprint density at radius 1 is 0.692 bits per heavy atom. The summed E-state index contributed by atoms with van der Waals surface area (Å²) in [5, 5.41) is 0. The molecule has 0 fully saturated rings. The summed E-state index contributed by atoms with van der Waals surface area (Å²) >= 11 is 0.678. The Kier molecular flexibility index (Phi) is 6.52. The second kappa shape index (κ2) is 5.96. The average Bonchev–Trinajstić information content (AvgIpc) is 1.81. The Morgan fingerprint density at radius 3 is 1.23 bits per heavy atom. The molecule has 0 aromatic heterocycles. The summed E-state index contributed by atoms with van der Waals surface area (Å²) in [4.78, 5) is 0. The second-order valence-electron chi connectivity index (χ2n) is 4.88. The van der Waals surface area contributed by atoms with E-state index in [1.807, 2.05) is 0 Å². The molecule has 0 saturated heterocycles. The molecule has 7 heteroatoms. The maximum atomic E-state index is 2.50. The van der Waals surface area contributed by atoms with E-state index in [-0.39, 0.29) is 0 Å². The van der Waals surface area contributed by atoms with Crippen molar-refractivity contribution in [3.05, 3.63) is 0 Å². The van der Waals surface area contributed by atoms with E-state index in [0.29, 0.717) is 30.8 Å². The molecule has 5 radical (unpaired) electrons. The van der Waals surface area contributed by atoms with Crippen LogP contribution in [0.2, 0.25) is 0 Å². The Labute approximate surface area is 98.4 Å². The van der Waals surface area contributed by atoms with Crippen molar-refractivity contribution in [1.82, 2.24) is 0 Å². The van der Waals surface area contributed by atoms with Gasteiger partial charge in [-0.2, -0.15) is 0 Å². The van der Waals surface area contributed by atoms with E-state index in [1.54, 1.807) is 0 Å². The van der Waals surface area contributed by atoms with Crippen molar-refractivity contribution >= 4 is 47.7 Å². The Morgan fingerprint density at radius 2 is 1.00 bits per heavy atom. The van der Waals surface area contributed by atoms with Crippen LogP contribution in [-0.2, 0) is 0 Å². The van der Waals surface area contributed by atoms with E-state index in [1.165, 1.54) is 0 Å². The number of rotatable bonds is 6. The second-order valence-corrected chi connectivity index (χ2v) is 10.1. The third kappa shape index (κ3) is 13.2. The zero-order valence-electron chi connectivity index (χ0n) is 9.52. The van der Waals surface area contributed by atoms with Gasteiger partial charge in [0.25, 0.3) is 0 Å². The van der Waals surface area contributed by atoms with Gasteiger partial charge in [-0.25, -0.2) is 0 Å². The molecule has 0 heterocycles. The minimum absolute atomic E-state index is 0.339. The molecule has 0 aliphatic rings. The van der Waals surface area contributed by atoms with Crippen LogP contribution in [0.25, 0.3) is 0 Å². The Balaban J connectivity index is 3.28. The van der Waals surface area contributed by atoms with Gasteiger partial charge in [0.15, 0.2) is 0 Å². The summed E-state index contributed by atoms with van der Waals surface area (Å²) < 4.78 is 4.48. The third-order valence-corrected chi connectivity index (χ3v) is 7.89. The van der Waals surface area contributed by atoms with Gasteiger partial charge in [0.2, 0.25) is 0 Å². The first-order valence-electron chi connectivity index (χ1n) is 4.23. The number of nitrogens with zero attached hydrogens (tertiary/aromatic N) is 2. The monoisotopic (exact) mass is 301 g/mol. The van der Waals surface area contributed by atoms with Crippen molar-refractivity contribution in [3.63, 3.8) is 0 Å². The van der Waals surface area contributed by atoms with Crippen LogP contribution in [0.4, 0.5) is 0 Å². The Bertz CT molecular complexity index is 128. The van der Waals surface area contributed by atoms with E-state index in [0.717, 1.165) is 8.79 Å². The first-order chi connectivity index (χ1) is 5.71. The van der Waals surface area contributed by atoms with Gasteiger partial charge in [0.1, 0.15) is 0 Å². The van der Waals surface area contributed by atoms with Gasteiger partial charge in [0.05, 0.1) is 0 Å². The van der Waals surface area contributed by atoms with Crippen LogP contribution in [-0.4, -0.2) is 98.7 Å². The molecule has 0 amide bonds. The summed E-state index contributed by atoms with van der Waals surface area (Å²) in [5.41, 5.74) is 0. The van der Waals surface area contributed by atoms with E-state index in [4.69, 9.17) is 0 Å². The molecule has 0 bridgehead atoms. The molecule has 2 nitrogen and oxygen atoms in total. The van der Waals surface area contributed by atoms with Gasteiger partial charge < -0.3 is 0 Å². The van der Waals surface area contributed by atoms with Crippen LogP contribution in [0.5, 0.6) is 0 Å². The summed E-state index contributed by atoms with van der Waals surface area (Å²) in [6.07, 6.45) is 4.82. The van der Waals surface area contributed by atoms with Crippen LogP contribution in [0, 0.1) is 0 Å². The molecule has 0 aromatic rings. The van der Waals surface area contributed by atoms with Crippen LogP contribution < -0.4 is 0 Å². The van der Waals surface area contributed by atoms with Crippen molar-refractivity contribution in [2.45, 2.75) is 0 Å². The molecule has 69 valence electrons. The predicted octanol–water partition coefficient (Wildman–Crippen LogP) is -1.59. The average molecular weight is 301 g/mol. The van der Waals surface area contributed by atoms with Crippen LogP contribution in [0.1, 0.15) is 0 Å². The zero-order valence-corrected chi connectivity index (χ0v) is 13.3. The van der Waals surface area contributed by atoms with E-state index in [2.05, 4.69) is 59.2 Å². The molecular weight excluding hydrogens is 282 g/mol. The zero-order chi connectivity index (χ0) is 10.5. The minimum atomic E-state index is 0.339. The summed E-state index contributed by atoms with van der Waals surface area (Å²) in [5.74, 6) is 0. The fraction of sp³-hybridized carbons (Fsp3) is 1.00. The number of quaternary nitrogens is 2. The number of hydrogen-bond acceptors (Lipinski definition) is 0. The number of hydrogen-bond donors (Lipinski definition) is 0. The van der Waals surface area contributed by atoms with Crippen molar-refractivity contribution in [3.8, 4) is 0 Å². The first kappa shape index (κ1) is 14.2. The van der Waals surface area contributed by atoms with Crippen LogP contribution in [0.15, 0.2) is 0 Å². The molecule has 0 spiro atoms. The standard InChI is InChI=1S/C6H18As2B3N2/c1-12(2,3)10-7-9-8-11-13(4,5)6/h1-6H3/q+2. The topological polar surface area (TPSA) is 0 Å². The first-order valence-corrected chi connectivity index (χ1v) is 8.57. The SMILES string of the molecule is C[N+](C)(C)[B][As][B][As][B][N+](C)(C)C. The molecule has 0 aromatic carbocycles. The van der Waals surface area contributed by atoms with E-state index in [9.17, 15) is 0 Å². The molecule has 0 N–H and O–H groups in total. The van der Waals surface area contributed by atoms with Gasteiger partial charge in [-0.15, -0.1) is 0 Å². The summed E-state index contributed by atoms with van der Waals surface area (Å²) in [6.45, 7) is 0. The van der Waals surface area contributed by atoms with Gasteiger partial charge in [-0.1, -0.05) is 0 Å². The van der Waals surface area contributed by atoms with Gasteiger partial charge in [-0.3, -0.25) is 0 Å². The van der Waals surface area contributed by atoms with Gasteiger partial charge in [0, 0.05) is 0 Å². The molecule has 0 rings (SSSR count). The van der Waals surface area contributed by atoms with Crippen molar-refractivity contribution < 1.29 is 8.79 Å². The van der Waals surface area contributed by atoms with Crippen molar-refractivity contribution in [2.75, 3.05) is 42.3 Å². The normalized spacial score (nSPS) is 14.3. The molecule has 0 aliphatic heterocycles. The molecule has 0 saturated carbocycles. The van der Waals surface area contributed by atoms with E-state index < -0.39 is 0 Å². The summed E-state index contributed by atoms with van der Waals surface area (Å²) in [7, 11) is 13.3. The van der Waals surface area contributed by atoms with Crippen molar-refractivity contribution in [2.24, 2.45) is 0 Å². The molecule has 0 aliphatic carbocycles. The van der Waals surface area contributed by atoms with E-state index >= 15 is 0 Å². The van der Waals surface area contributed by atoms with Crippen molar-refractivity contribution in [1.29, 1.82) is 0 Å². The molecule has 0 atom stereocenters. The Hall–Kier alpha value is 1.23. The van der Waals surface area contributed by atoms with Crippen LogP contribution >= 0.6 is 0 Å². The van der Waals surface area contributed by atoms with Crippen LogP contribution in [0.3, 0.4) is 0 Å². The fourth-order valence-electron chi connectivity index (χ4n) is 0.498. The van der Waals surface area contributed by atoms with Gasteiger partial charge in [-0.05, 0) is 0 Å². The quantitative estimate of drug-likeness (QED) is 0.410. The molecular formula is C6H18As2B3N2+2. The molecule has 13 heavy (non-hydrogen) atoms. The third-order valence-electron chi connectivity index (χ3n) is 0.959.